The third kappa shape index (κ3) is 4.49. The summed E-state index contributed by atoms with van der Waals surface area (Å²) in [5.74, 6) is 0.496. The van der Waals surface area contributed by atoms with Gasteiger partial charge in [0.15, 0.2) is 0 Å². The average molecular weight is 227 g/mol. The lowest BCUT2D eigenvalue weighted by molar-refractivity contribution is -0.119. The first-order valence-electron chi connectivity index (χ1n) is 6.40. The van der Waals surface area contributed by atoms with Crippen LogP contribution in [0.3, 0.4) is 0 Å². The van der Waals surface area contributed by atoms with Gasteiger partial charge in [0.05, 0.1) is 6.04 Å². The molecule has 94 valence electrons. The number of likely N-dealkylation sites (tertiary alicyclic amines) is 1. The molecule has 0 saturated carbocycles. The second-order valence-corrected chi connectivity index (χ2v) is 4.84. The van der Waals surface area contributed by atoms with Crippen LogP contribution in [-0.2, 0) is 4.79 Å². The highest BCUT2D eigenvalue weighted by Gasteiger charge is 2.17. The second kappa shape index (κ2) is 6.86. The van der Waals surface area contributed by atoms with E-state index in [1.165, 1.54) is 25.7 Å². The zero-order valence-electron chi connectivity index (χ0n) is 10.3. The Hall–Kier alpha value is -0.610. The molecule has 0 aromatic heterocycles. The largest absolute Gasteiger partial charge is 0.368 e. The first-order chi connectivity index (χ1) is 7.63. The number of hydrogen-bond acceptors (Lipinski definition) is 3. The summed E-state index contributed by atoms with van der Waals surface area (Å²) in [5.41, 5.74) is 10.8. The molecule has 0 aliphatic carbocycles. The number of primary amides is 1. The van der Waals surface area contributed by atoms with Gasteiger partial charge in [-0.2, -0.15) is 0 Å². The van der Waals surface area contributed by atoms with Gasteiger partial charge < -0.3 is 16.4 Å². The van der Waals surface area contributed by atoms with Gasteiger partial charge in [0.2, 0.25) is 5.91 Å². The Balaban J connectivity index is 2.25. The van der Waals surface area contributed by atoms with Crippen LogP contribution in [0.25, 0.3) is 0 Å². The maximum Gasteiger partial charge on any atom is 0.234 e. The van der Waals surface area contributed by atoms with Crippen LogP contribution in [0.5, 0.6) is 0 Å². The van der Waals surface area contributed by atoms with Crippen molar-refractivity contribution in [3.8, 4) is 0 Å². The van der Waals surface area contributed by atoms with E-state index in [0.717, 1.165) is 25.6 Å². The maximum absolute atomic E-state index is 10.8. The number of nitrogens with zero attached hydrogens (tertiary/aromatic N) is 1. The molecule has 16 heavy (non-hydrogen) atoms. The van der Waals surface area contributed by atoms with Crippen molar-refractivity contribution >= 4 is 5.91 Å². The Morgan fingerprint density at radius 1 is 1.44 bits per heavy atom. The van der Waals surface area contributed by atoms with Gasteiger partial charge in [-0.3, -0.25) is 4.79 Å². The minimum Gasteiger partial charge on any atom is -0.368 e. The van der Waals surface area contributed by atoms with Gasteiger partial charge in [-0.1, -0.05) is 13.3 Å². The molecule has 1 fully saturated rings. The summed E-state index contributed by atoms with van der Waals surface area (Å²) < 4.78 is 0. The molecule has 4 heteroatoms. The fraction of sp³-hybridized carbons (Fsp3) is 0.917. The van der Waals surface area contributed by atoms with Crippen LogP contribution in [0.1, 0.15) is 39.0 Å². The van der Waals surface area contributed by atoms with Gasteiger partial charge >= 0.3 is 0 Å². The van der Waals surface area contributed by atoms with E-state index in [-0.39, 0.29) is 5.91 Å². The summed E-state index contributed by atoms with van der Waals surface area (Å²) in [6, 6.07) is -0.481. The number of nitrogens with two attached hydrogens (primary N) is 2. The first-order valence-corrected chi connectivity index (χ1v) is 6.40. The molecule has 0 spiro atoms. The van der Waals surface area contributed by atoms with E-state index < -0.39 is 6.04 Å². The molecule has 1 amide bonds. The molecule has 1 aliphatic heterocycles. The summed E-state index contributed by atoms with van der Waals surface area (Å²) in [6.07, 6.45) is 5.86. The van der Waals surface area contributed by atoms with E-state index in [1.54, 1.807) is 0 Å². The van der Waals surface area contributed by atoms with Gasteiger partial charge in [0.25, 0.3) is 0 Å². The Morgan fingerprint density at radius 2 is 2.19 bits per heavy atom. The van der Waals surface area contributed by atoms with Crippen molar-refractivity contribution < 1.29 is 4.79 Å². The molecule has 2 atom stereocenters. The first kappa shape index (κ1) is 13.5. The van der Waals surface area contributed by atoms with E-state index >= 15 is 0 Å². The minimum absolute atomic E-state index is 0.388. The molecule has 2 unspecified atom stereocenters. The molecule has 0 bridgehead atoms. The molecule has 1 saturated heterocycles. The quantitative estimate of drug-likeness (QED) is 0.726. The number of carbonyl (C=O) groups is 1. The van der Waals surface area contributed by atoms with Crippen LogP contribution < -0.4 is 11.5 Å². The fourth-order valence-electron chi connectivity index (χ4n) is 2.32. The van der Waals surface area contributed by atoms with Crippen LogP contribution in [0.4, 0.5) is 0 Å². The minimum atomic E-state index is -0.481. The van der Waals surface area contributed by atoms with Crippen molar-refractivity contribution in [3.63, 3.8) is 0 Å². The Labute approximate surface area is 98.3 Å². The van der Waals surface area contributed by atoms with Crippen molar-refractivity contribution in [1.82, 2.24) is 4.90 Å². The molecule has 4 N–H and O–H groups in total. The van der Waals surface area contributed by atoms with Crippen molar-refractivity contribution in [3.05, 3.63) is 0 Å². The standard InChI is InChI=1S/C12H25N3O/c1-2-10-4-3-7-15(8-5-10)9-6-11(13)12(14)16/h10-11H,2-9,13H2,1H3,(H2,14,16). The van der Waals surface area contributed by atoms with Crippen LogP contribution in [0.15, 0.2) is 0 Å². The highest BCUT2D eigenvalue weighted by atomic mass is 16.1. The highest BCUT2D eigenvalue weighted by molar-refractivity contribution is 5.79. The van der Waals surface area contributed by atoms with Gasteiger partial charge in [-0.25, -0.2) is 0 Å². The predicted molar refractivity (Wildman–Crippen MR) is 65.9 cm³/mol. The smallest absolute Gasteiger partial charge is 0.234 e. The SMILES string of the molecule is CCC1CCCN(CCC(N)C(N)=O)CC1. The molecular weight excluding hydrogens is 202 g/mol. The Bertz CT molecular complexity index is 220. The van der Waals surface area contributed by atoms with Gasteiger partial charge in [-0.15, -0.1) is 0 Å². The molecular formula is C12H25N3O. The third-order valence-electron chi connectivity index (χ3n) is 3.64. The van der Waals surface area contributed by atoms with E-state index in [9.17, 15) is 4.79 Å². The number of rotatable bonds is 5. The lowest BCUT2D eigenvalue weighted by Crippen LogP contribution is -2.39. The number of carbonyl (C=O) groups excluding carboxylic acids is 1. The van der Waals surface area contributed by atoms with E-state index in [1.807, 2.05) is 0 Å². The van der Waals surface area contributed by atoms with Gasteiger partial charge in [0.1, 0.15) is 0 Å². The topological polar surface area (TPSA) is 72.3 Å². The second-order valence-electron chi connectivity index (χ2n) is 4.84. The summed E-state index contributed by atoms with van der Waals surface area (Å²) in [7, 11) is 0. The summed E-state index contributed by atoms with van der Waals surface area (Å²) >= 11 is 0. The van der Waals surface area contributed by atoms with E-state index in [2.05, 4.69) is 11.8 Å². The van der Waals surface area contributed by atoms with Crippen molar-refractivity contribution in [1.29, 1.82) is 0 Å². The van der Waals surface area contributed by atoms with Crippen molar-refractivity contribution in [2.45, 2.75) is 45.1 Å². The predicted octanol–water partition coefficient (Wildman–Crippen LogP) is 0.701. The maximum atomic E-state index is 10.8. The highest BCUT2D eigenvalue weighted by Crippen LogP contribution is 2.20. The molecule has 1 heterocycles. The van der Waals surface area contributed by atoms with Gasteiger partial charge in [-0.05, 0) is 44.7 Å². The number of hydrogen-bond donors (Lipinski definition) is 2. The normalized spacial score (nSPS) is 25.0. The van der Waals surface area contributed by atoms with Crippen LogP contribution in [-0.4, -0.2) is 36.5 Å². The molecule has 1 aliphatic rings. The zero-order valence-corrected chi connectivity index (χ0v) is 10.3. The summed E-state index contributed by atoms with van der Waals surface area (Å²) in [4.78, 5) is 13.2. The average Bonchev–Trinajstić information content (AvgIpc) is 2.50. The number of amides is 1. The Kier molecular flexibility index (Phi) is 5.77. The van der Waals surface area contributed by atoms with Crippen LogP contribution in [0.2, 0.25) is 0 Å². The fourth-order valence-corrected chi connectivity index (χ4v) is 2.32. The summed E-state index contributed by atoms with van der Waals surface area (Å²) in [6.45, 7) is 5.45. The van der Waals surface area contributed by atoms with Gasteiger partial charge in [0, 0.05) is 6.54 Å². The van der Waals surface area contributed by atoms with E-state index in [0.29, 0.717) is 6.42 Å². The lowest BCUT2D eigenvalue weighted by atomic mass is 9.98. The molecule has 0 aromatic carbocycles. The van der Waals surface area contributed by atoms with Crippen molar-refractivity contribution in [2.75, 3.05) is 19.6 Å². The molecule has 1 rings (SSSR count). The Morgan fingerprint density at radius 3 is 2.81 bits per heavy atom. The van der Waals surface area contributed by atoms with Crippen LogP contribution in [0, 0.1) is 5.92 Å². The van der Waals surface area contributed by atoms with Crippen molar-refractivity contribution in [2.24, 2.45) is 17.4 Å². The molecule has 0 aromatic rings. The van der Waals surface area contributed by atoms with Crippen LogP contribution >= 0.6 is 0 Å². The zero-order chi connectivity index (χ0) is 12.0. The monoisotopic (exact) mass is 227 g/mol. The van der Waals surface area contributed by atoms with E-state index in [4.69, 9.17) is 11.5 Å². The molecule has 0 radical (unpaired) electrons. The molecule has 4 nitrogen and oxygen atoms in total. The summed E-state index contributed by atoms with van der Waals surface area (Å²) in [5, 5.41) is 0. The lowest BCUT2D eigenvalue weighted by Gasteiger charge is -2.21. The third-order valence-corrected chi connectivity index (χ3v) is 3.64.